The summed E-state index contributed by atoms with van der Waals surface area (Å²) in [7, 11) is 0. The van der Waals surface area contributed by atoms with Gasteiger partial charge in [-0.2, -0.15) is 0 Å². The molecule has 0 amide bonds. The van der Waals surface area contributed by atoms with E-state index in [1.54, 1.807) is 0 Å². The number of aromatic nitrogens is 4. The number of para-hydroxylation sites is 1. The molecule has 0 fully saturated rings. The van der Waals surface area contributed by atoms with Crippen molar-refractivity contribution in [2.24, 2.45) is 0 Å². The van der Waals surface area contributed by atoms with E-state index in [1.165, 1.54) is 21.5 Å². The van der Waals surface area contributed by atoms with Crippen LogP contribution in [0.5, 0.6) is 0 Å². The summed E-state index contributed by atoms with van der Waals surface area (Å²) in [5.41, 5.74) is 7.74. The summed E-state index contributed by atoms with van der Waals surface area (Å²) in [4.78, 5) is 15.3. The molecule has 5 heteroatoms. The molecule has 0 saturated carbocycles. The average molecular weight is 665 g/mol. The predicted molar refractivity (Wildman–Crippen MR) is 213 cm³/mol. The topological polar surface area (TPSA) is 56.7 Å². The van der Waals surface area contributed by atoms with E-state index in [9.17, 15) is 0 Å². The maximum atomic E-state index is 6.65. The van der Waals surface area contributed by atoms with Crippen molar-refractivity contribution in [3.8, 4) is 39.9 Å². The van der Waals surface area contributed by atoms with Crippen molar-refractivity contribution >= 4 is 65.3 Å². The number of furan rings is 1. The minimum absolute atomic E-state index is 0.600. The fraction of sp³-hybridized carbons (Fsp3) is 0. The predicted octanol–water partition coefficient (Wildman–Crippen LogP) is 12.2. The van der Waals surface area contributed by atoms with Crippen LogP contribution in [0.15, 0.2) is 174 Å². The lowest BCUT2D eigenvalue weighted by Crippen LogP contribution is -2.00. The first-order valence-electron chi connectivity index (χ1n) is 17.4. The summed E-state index contributed by atoms with van der Waals surface area (Å²) >= 11 is 0. The van der Waals surface area contributed by atoms with Gasteiger partial charge in [0.05, 0.1) is 11.0 Å². The first kappa shape index (κ1) is 28.7. The molecular formula is C47H28N4O. The Labute approximate surface area is 298 Å². The van der Waals surface area contributed by atoms with E-state index in [2.05, 4.69) is 132 Å². The standard InChI is InChI=1S/C47H28N4O/c1-2-13-30(14-3-1)45-48-46(36-20-10-17-29-12-6-7-18-34(29)36)50-47(49-45)38-21-11-23-42-44(38)37-25-24-33(28-43(37)52-42)51-40-22-9-8-19-35(40)39-26-31-15-4-5-16-32(31)27-41(39)51/h1-28H. The lowest BCUT2D eigenvalue weighted by atomic mass is 10.0. The number of nitrogens with zero attached hydrogens (tertiary/aromatic N) is 4. The minimum atomic E-state index is 0.600. The smallest absolute Gasteiger partial charge is 0.164 e. The van der Waals surface area contributed by atoms with Gasteiger partial charge in [0.25, 0.3) is 0 Å². The molecular weight excluding hydrogens is 637 g/mol. The first-order valence-corrected chi connectivity index (χ1v) is 17.4. The van der Waals surface area contributed by atoms with Gasteiger partial charge in [0.1, 0.15) is 11.2 Å². The summed E-state index contributed by atoms with van der Waals surface area (Å²) in [5, 5.41) is 9.12. The van der Waals surface area contributed by atoms with Crippen molar-refractivity contribution in [3.05, 3.63) is 170 Å². The molecule has 0 aliphatic heterocycles. The number of fused-ring (bicyclic) bond motifs is 8. The van der Waals surface area contributed by atoms with Crippen LogP contribution >= 0.6 is 0 Å². The molecule has 0 aliphatic carbocycles. The van der Waals surface area contributed by atoms with E-state index in [1.807, 2.05) is 42.5 Å². The van der Waals surface area contributed by atoms with Gasteiger partial charge in [-0.25, -0.2) is 15.0 Å². The molecule has 0 saturated heterocycles. The maximum Gasteiger partial charge on any atom is 0.164 e. The van der Waals surface area contributed by atoms with Gasteiger partial charge in [-0.3, -0.25) is 0 Å². The molecule has 0 N–H and O–H groups in total. The van der Waals surface area contributed by atoms with Gasteiger partial charge in [-0.05, 0) is 57.9 Å². The van der Waals surface area contributed by atoms with Gasteiger partial charge in [0.15, 0.2) is 17.5 Å². The Morgan fingerprint density at radius 2 is 1.04 bits per heavy atom. The average Bonchev–Trinajstić information content (AvgIpc) is 3.74. The normalized spacial score (nSPS) is 11.8. The molecule has 11 aromatic rings. The van der Waals surface area contributed by atoms with Crippen molar-refractivity contribution in [1.29, 1.82) is 0 Å². The Kier molecular flexibility index (Phi) is 6.18. The van der Waals surface area contributed by atoms with E-state index >= 15 is 0 Å². The monoisotopic (exact) mass is 664 g/mol. The van der Waals surface area contributed by atoms with Gasteiger partial charge in [-0.15, -0.1) is 0 Å². The Hall–Kier alpha value is -7.11. The molecule has 3 heterocycles. The molecule has 52 heavy (non-hydrogen) atoms. The zero-order chi connectivity index (χ0) is 34.2. The summed E-state index contributed by atoms with van der Waals surface area (Å²) in [6, 6.07) is 59.1. The van der Waals surface area contributed by atoms with Crippen LogP contribution in [0.3, 0.4) is 0 Å². The molecule has 0 atom stereocenters. The largest absolute Gasteiger partial charge is 0.456 e. The van der Waals surface area contributed by atoms with Crippen molar-refractivity contribution in [2.45, 2.75) is 0 Å². The molecule has 8 aromatic carbocycles. The third-order valence-electron chi connectivity index (χ3n) is 10.2. The summed E-state index contributed by atoms with van der Waals surface area (Å²) in [6.07, 6.45) is 0. The second kappa shape index (κ2) is 11.2. The zero-order valence-corrected chi connectivity index (χ0v) is 27.9. The zero-order valence-electron chi connectivity index (χ0n) is 27.9. The fourth-order valence-electron chi connectivity index (χ4n) is 7.83. The molecule has 0 spiro atoms. The lowest BCUT2D eigenvalue weighted by Gasteiger charge is -2.11. The third-order valence-corrected chi connectivity index (χ3v) is 10.2. The second-order valence-electron chi connectivity index (χ2n) is 13.2. The first-order chi connectivity index (χ1) is 25.8. The highest BCUT2D eigenvalue weighted by Crippen LogP contribution is 2.40. The van der Waals surface area contributed by atoms with Crippen molar-refractivity contribution in [2.75, 3.05) is 0 Å². The van der Waals surface area contributed by atoms with Crippen LogP contribution in [0.2, 0.25) is 0 Å². The van der Waals surface area contributed by atoms with Gasteiger partial charge < -0.3 is 8.98 Å². The van der Waals surface area contributed by atoms with Gasteiger partial charge >= 0.3 is 0 Å². The molecule has 0 aliphatic rings. The molecule has 242 valence electrons. The van der Waals surface area contributed by atoms with Crippen LogP contribution in [0.4, 0.5) is 0 Å². The van der Waals surface area contributed by atoms with Crippen molar-refractivity contribution in [1.82, 2.24) is 19.5 Å². The summed E-state index contributed by atoms with van der Waals surface area (Å²) in [6.45, 7) is 0. The van der Waals surface area contributed by atoms with Crippen LogP contribution < -0.4 is 0 Å². The molecule has 0 radical (unpaired) electrons. The highest BCUT2D eigenvalue weighted by Gasteiger charge is 2.20. The summed E-state index contributed by atoms with van der Waals surface area (Å²) < 4.78 is 9.00. The van der Waals surface area contributed by atoms with Crippen molar-refractivity contribution in [3.63, 3.8) is 0 Å². The van der Waals surface area contributed by atoms with Crippen molar-refractivity contribution < 1.29 is 4.42 Å². The Bertz CT molecular complexity index is 3190. The fourth-order valence-corrected chi connectivity index (χ4v) is 7.83. The number of benzene rings is 8. The van der Waals surface area contributed by atoms with E-state index < -0.39 is 0 Å². The highest BCUT2D eigenvalue weighted by molar-refractivity contribution is 6.15. The Morgan fingerprint density at radius 3 is 1.90 bits per heavy atom. The van der Waals surface area contributed by atoms with Gasteiger partial charge in [0.2, 0.25) is 0 Å². The Balaban J connectivity index is 1.13. The van der Waals surface area contributed by atoms with Gasteiger partial charge in [0, 0.05) is 50.0 Å². The molecule has 5 nitrogen and oxygen atoms in total. The van der Waals surface area contributed by atoms with E-state index in [4.69, 9.17) is 19.4 Å². The van der Waals surface area contributed by atoms with Crippen LogP contribution in [0.25, 0.3) is 105 Å². The molecule has 0 unspecified atom stereocenters. The number of rotatable bonds is 4. The quantitative estimate of drug-likeness (QED) is 0.188. The third kappa shape index (κ3) is 4.39. The van der Waals surface area contributed by atoms with Crippen LogP contribution in [0.1, 0.15) is 0 Å². The maximum absolute atomic E-state index is 6.65. The van der Waals surface area contributed by atoms with E-state index in [-0.39, 0.29) is 0 Å². The summed E-state index contributed by atoms with van der Waals surface area (Å²) in [5.74, 6) is 1.86. The molecule has 11 rings (SSSR count). The minimum Gasteiger partial charge on any atom is -0.456 e. The van der Waals surface area contributed by atoms with Crippen LogP contribution in [0, 0.1) is 0 Å². The van der Waals surface area contributed by atoms with Gasteiger partial charge in [-0.1, -0.05) is 127 Å². The number of hydrogen-bond donors (Lipinski definition) is 0. The SMILES string of the molecule is c1ccc(-c2nc(-c3cccc4ccccc34)nc(-c3cccc4oc5cc(-n6c7ccccc7c7cc8ccccc8cc76)ccc5c34)n2)cc1. The van der Waals surface area contributed by atoms with Crippen LogP contribution in [-0.4, -0.2) is 19.5 Å². The highest BCUT2D eigenvalue weighted by atomic mass is 16.3. The van der Waals surface area contributed by atoms with E-state index in [0.29, 0.717) is 17.5 Å². The second-order valence-corrected chi connectivity index (χ2v) is 13.2. The van der Waals surface area contributed by atoms with E-state index in [0.717, 1.165) is 66.1 Å². The Morgan fingerprint density at radius 1 is 0.385 bits per heavy atom. The van der Waals surface area contributed by atoms with Crippen LogP contribution in [-0.2, 0) is 0 Å². The molecule has 0 bridgehead atoms. The molecule has 3 aromatic heterocycles. The lowest BCUT2D eigenvalue weighted by molar-refractivity contribution is 0.668. The number of hydrogen-bond acceptors (Lipinski definition) is 4.